The minimum absolute atomic E-state index is 0.00614. The van der Waals surface area contributed by atoms with Crippen molar-refractivity contribution in [3.63, 3.8) is 0 Å². The average molecular weight is 738 g/mol. The van der Waals surface area contributed by atoms with Crippen molar-refractivity contribution in [3.05, 3.63) is 23.3 Å². The molecule has 2 atom stereocenters. The minimum atomic E-state index is -0.0616. The molecule has 0 saturated carbocycles. The van der Waals surface area contributed by atoms with E-state index in [0.29, 0.717) is 41.3 Å². The molecule has 292 valence electrons. The van der Waals surface area contributed by atoms with Crippen LogP contribution in [0.25, 0.3) is 0 Å². The van der Waals surface area contributed by atoms with Gasteiger partial charge in [-0.3, -0.25) is 14.4 Å². The highest BCUT2D eigenvalue weighted by Crippen LogP contribution is 2.21. The summed E-state index contributed by atoms with van der Waals surface area (Å²) in [6.45, 7) is 14.1. The normalized spacial score (nSPS) is 13.1. The van der Waals surface area contributed by atoms with Crippen LogP contribution in [0.3, 0.4) is 0 Å². The van der Waals surface area contributed by atoms with E-state index in [4.69, 9.17) is 4.74 Å². The molecule has 0 fully saturated rings. The number of esters is 1. The van der Waals surface area contributed by atoms with Crippen LogP contribution >= 0.6 is 23.5 Å². The molecule has 0 heterocycles. The smallest absolute Gasteiger partial charge is 0.306 e. The summed E-state index contributed by atoms with van der Waals surface area (Å²) in [6.07, 6.45) is 26.9. The topological polar surface area (TPSA) is 63.7 Å². The number of allylic oxidation sites excluding steroid dienone is 4. The fourth-order valence-electron chi connectivity index (χ4n) is 5.88. The first-order valence-electron chi connectivity index (χ1n) is 20.3. The molecule has 0 aliphatic rings. The molecule has 0 rings (SSSR count). The van der Waals surface area contributed by atoms with Gasteiger partial charge in [0.2, 0.25) is 0 Å². The molecule has 5 nitrogen and oxygen atoms in total. The maximum absolute atomic E-state index is 12.6. The van der Waals surface area contributed by atoms with Crippen LogP contribution in [0.2, 0.25) is 0 Å². The zero-order valence-electron chi connectivity index (χ0n) is 34.0. The van der Waals surface area contributed by atoms with E-state index in [1.54, 1.807) is 0 Å². The number of hydrogen-bond donors (Lipinski definition) is 0. The Kier molecular flexibility index (Phi) is 33.1. The van der Waals surface area contributed by atoms with Gasteiger partial charge in [0.15, 0.2) is 10.2 Å². The van der Waals surface area contributed by atoms with Crippen molar-refractivity contribution in [2.24, 2.45) is 11.8 Å². The number of carbonyl (C=O) groups excluding carboxylic acids is 3. The third-order valence-electron chi connectivity index (χ3n) is 9.27. The predicted octanol–water partition coefficient (Wildman–Crippen LogP) is 12.8. The van der Waals surface area contributed by atoms with Gasteiger partial charge in [0, 0.05) is 30.8 Å². The van der Waals surface area contributed by atoms with Gasteiger partial charge in [-0.05, 0) is 144 Å². The highest BCUT2D eigenvalue weighted by atomic mass is 32.2. The average Bonchev–Trinajstić information content (AvgIpc) is 3.03. The highest BCUT2D eigenvalue weighted by molar-refractivity contribution is 8.13. The maximum atomic E-state index is 12.6. The third-order valence-corrected chi connectivity index (χ3v) is 11.2. The van der Waals surface area contributed by atoms with Gasteiger partial charge in [0.1, 0.15) is 6.10 Å². The molecule has 0 aromatic heterocycles. The Morgan fingerprint density at radius 1 is 0.560 bits per heavy atom. The van der Waals surface area contributed by atoms with Crippen molar-refractivity contribution in [2.75, 3.05) is 32.1 Å². The van der Waals surface area contributed by atoms with Gasteiger partial charge < -0.3 is 9.64 Å². The Morgan fingerprint density at radius 2 is 0.980 bits per heavy atom. The number of rotatable bonds is 33. The standard InChI is InChI=1S/C43H79NO4S2/c1-36(2)22-19-24-38(5)31-34-49-42(46)29-17-13-9-11-15-26-40(48-41(45)28-21-33-44(7)8)27-16-12-10-14-18-30-43(47)50-35-32-39(6)25-20-23-37(3)4/h22-23,38-40H,9-21,24-35H2,1-8H3. The molecule has 0 aliphatic carbocycles. The summed E-state index contributed by atoms with van der Waals surface area (Å²) in [7, 11) is 4.06. The van der Waals surface area contributed by atoms with Crippen LogP contribution in [-0.2, 0) is 19.1 Å². The first-order chi connectivity index (χ1) is 23.9. The van der Waals surface area contributed by atoms with Crippen molar-refractivity contribution in [1.82, 2.24) is 4.90 Å². The van der Waals surface area contributed by atoms with E-state index < -0.39 is 0 Å². The van der Waals surface area contributed by atoms with E-state index >= 15 is 0 Å². The van der Waals surface area contributed by atoms with E-state index in [9.17, 15) is 14.4 Å². The van der Waals surface area contributed by atoms with Gasteiger partial charge in [-0.25, -0.2) is 0 Å². The van der Waals surface area contributed by atoms with Gasteiger partial charge in [-0.15, -0.1) is 0 Å². The molecule has 0 amide bonds. The highest BCUT2D eigenvalue weighted by Gasteiger charge is 2.15. The molecule has 7 heteroatoms. The van der Waals surface area contributed by atoms with Crippen LogP contribution in [0.1, 0.15) is 183 Å². The minimum Gasteiger partial charge on any atom is -0.462 e. The van der Waals surface area contributed by atoms with E-state index in [0.717, 1.165) is 127 Å². The van der Waals surface area contributed by atoms with Crippen LogP contribution in [0.4, 0.5) is 0 Å². The second-order valence-corrected chi connectivity index (χ2v) is 17.9. The first kappa shape index (κ1) is 49.0. The molecule has 0 N–H and O–H groups in total. The second-order valence-electron chi connectivity index (χ2n) is 15.6. The summed E-state index contributed by atoms with van der Waals surface area (Å²) in [4.78, 5) is 39.3. The van der Waals surface area contributed by atoms with E-state index in [-0.39, 0.29) is 12.1 Å². The summed E-state index contributed by atoms with van der Waals surface area (Å²) in [5, 5.41) is 0.694. The Bertz CT molecular complexity index is 864. The van der Waals surface area contributed by atoms with E-state index in [1.807, 2.05) is 14.1 Å². The number of hydrogen-bond acceptors (Lipinski definition) is 7. The zero-order valence-corrected chi connectivity index (χ0v) is 35.6. The fraction of sp³-hybridized carbons (Fsp3) is 0.837. The van der Waals surface area contributed by atoms with Crippen molar-refractivity contribution in [1.29, 1.82) is 0 Å². The van der Waals surface area contributed by atoms with E-state index in [1.165, 1.54) is 47.5 Å². The molecule has 0 radical (unpaired) electrons. The third kappa shape index (κ3) is 35.4. The first-order valence-corrected chi connectivity index (χ1v) is 22.3. The Balaban J connectivity index is 4.18. The van der Waals surface area contributed by atoms with Gasteiger partial charge in [-0.1, -0.05) is 99.2 Å². The largest absolute Gasteiger partial charge is 0.462 e. The van der Waals surface area contributed by atoms with Gasteiger partial charge in [0.25, 0.3) is 0 Å². The fourth-order valence-corrected chi connectivity index (χ4v) is 7.96. The van der Waals surface area contributed by atoms with E-state index in [2.05, 4.69) is 58.6 Å². The summed E-state index contributed by atoms with van der Waals surface area (Å²) in [5.74, 6) is 3.17. The molecule has 0 aliphatic heterocycles. The number of nitrogens with zero attached hydrogens (tertiary/aromatic N) is 1. The Hall–Kier alpha value is -1.05. The van der Waals surface area contributed by atoms with Crippen LogP contribution in [0, 0.1) is 11.8 Å². The quantitative estimate of drug-likeness (QED) is 0.0377. The van der Waals surface area contributed by atoms with Crippen molar-refractivity contribution >= 4 is 39.7 Å². The van der Waals surface area contributed by atoms with Crippen molar-refractivity contribution < 1.29 is 19.1 Å². The van der Waals surface area contributed by atoms with Crippen LogP contribution in [-0.4, -0.2) is 59.3 Å². The Morgan fingerprint density at radius 3 is 1.40 bits per heavy atom. The number of unbranched alkanes of at least 4 members (excludes halogenated alkanes) is 8. The molecule has 0 aromatic rings. The number of thioether (sulfide) groups is 2. The van der Waals surface area contributed by atoms with Crippen LogP contribution in [0.5, 0.6) is 0 Å². The lowest BCUT2D eigenvalue weighted by molar-refractivity contribution is -0.150. The molecule has 0 bridgehead atoms. The summed E-state index contributed by atoms with van der Waals surface area (Å²) < 4.78 is 5.97. The molecule has 0 saturated heterocycles. The Labute approximate surface area is 318 Å². The second kappa shape index (κ2) is 33.8. The molecule has 0 spiro atoms. The summed E-state index contributed by atoms with van der Waals surface area (Å²) in [5.41, 5.74) is 2.77. The predicted molar refractivity (Wildman–Crippen MR) is 222 cm³/mol. The SMILES string of the molecule is CC(C)=CCCC(C)CCSC(=O)CCCCCCCC(CCCCCCCC(=O)SCCC(C)CCC=C(C)C)OC(=O)CCCN(C)C. The lowest BCUT2D eigenvalue weighted by Crippen LogP contribution is -2.20. The van der Waals surface area contributed by atoms with Crippen molar-refractivity contribution in [3.8, 4) is 0 Å². The zero-order chi connectivity index (χ0) is 37.4. The summed E-state index contributed by atoms with van der Waals surface area (Å²) in [6, 6.07) is 0. The molecule has 2 unspecified atom stereocenters. The molecule has 50 heavy (non-hydrogen) atoms. The number of ether oxygens (including phenoxy) is 1. The van der Waals surface area contributed by atoms with Crippen molar-refractivity contribution in [2.45, 2.75) is 189 Å². The van der Waals surface area contributed by atoms with Crippen LogP contribution in [0.15, 0.2) is 23.3 Å². The molecular formula is C43H79NO4S2. The monoisotopic (exact) mass is 738 g/mol. The van der Waals surface area contributed by atoms with Gasteiger partial charge >= 0.3 is 5.97 Å². The summed E-state index contributed by atoms with van der Waals surface area (Å²) >= 11 is 3.05. The van der Waals surface area contributed by atoms with Gasteiger partial charge in [-0.2, -0.15) is 0 Å². The molecule has 0 aromatic carbocycles. The lowest BCUT2D eigenvalue weighted by Gasteiger charge is -2.18. The number of carbonyl (C=O) groups is 3. The lowest BCUT2D eigenvalue weighted by atomic mass is 10.0. The molecular weight excluding hydrogens is 659 g/mol. The van der Waals surface area contributed by atoms with Gasteiger partial charge in [0.05, 0.1) is 0 Å². The maximum Gasteiger partial charge on any atom is 0.306 e. The van der Waals surface area contributed by atoms with Crippen LogP contribution < -0.4 is 0 Å².